The van der Waals surface area contributed by atoms with Gasteiger partial charge in [0.05, 0.1) is 0 Å². The second-order valence-corrected chi connectivity index (χ2v) is 5.53. The maximum absolute atomic E-state index is 5.80. The van der Waals surface area contributed by atoms with Crippen molar-refractivity contribution in [3.63, 3.8) is 0 Å². The zero-order valence-corrected chi connectivity index (χ0v) is 14.2. The Morgan fingerprint density at radius 3 is 2.70 bits per heavy atom. The molecule has 4 nitrogen and oxygen atoms in total. The third kappa shape index (κ3) is 6.08. The van der Waals surface area contributed by atoms with Crippen LogP contribution in [0.2, 0.25) is 0 Å². The Hall–Kier alpha value is -2.40. The molecule has 2 aromatic carbocycles. The second-order valence-electron chi connectivity index (χ2n) is 5.12. The molecule has 0 fully saturated rings. The molecule has 2 rings (SSSR count). The van der Waals surface area contributed by atoms with Crippen molar-refractivity contribution in [2.24, 2.45) is 0 Å². The average Bonchev–Trinajstić information content (AvgIpc) is 2.54. The van der Waals surface area contributed by atoms with Crippen molar-refractivity contribution in [1.82, 2.24) is 10.7 Å². The maximum Gasteiger partial charge on any atom is 0.223 e. The minimum Gasteiger partial charge on any atom is -0.489 e. The molecule has 2 aromatic rings. The van der Waals surface area contributed by atoms with Gasteiger partial charge in [0.25, 0.3) is 0 Å². The normalized spacial score (nSPS) is 10.5. The SMILES string of the molecule is CCNC(=S)N[NH+]=Cc1ccc(OCc2cccc(C)c2)cc1. The Labute approximate surface area is 142 Å². The van der Waals surface area contributed by atoms with E-state index < -0.39 is 0 Å². The van der Waals surface area contributed by atoms with Crippen LogP contribution in [0.3, 0.4) is 0 Å². The highest BCUT2D eigenvalue weighted by Crippen LogP contribution is 2.13. The van der Waals surface area contributed by atoms with E-state index in [1.165, 1.54) is 11.1 Å². The molecule has 0 unspecified atom stereocenters. The molecule has 0 aliphatic carbocycles. The van der Waals surface area contributed by atoms with Gasteiger partial charge in [-0.3, -0.25) is 0 Å². The monoisotopic (exact) mass is 328 g/mol. The highest BCUT2D eigenvalue weighted by Gasteiger charge is 1.98. The number of aryl methyl sites for hydroxylation is 1. The molecule has 0 saturated heterocycles. The van der Waals surface area contributed by atoms with Crippen molar-refractivity contribution in [1.29, 1.82) is 0 Å². The van der Waals surface area contributed by atoms with E-state index in [2.05, 4.69) is 41.0 Å². The van der Waals surface area contributed by atoms with Crippen LogP contribution in [0.1, 0.15) is 23.6 Å². The summed E-state index contributed by atoms with van der Waals surface area (Å²) in [5.41, 5.74) is 6.32. The van der Waals surface area contributed by atoms with E-state index in [-0.39, 0.29) is 0 Å². The van der Waals surface area contributed by atoms with E-state index in [1.807, 2.05) is 43.5 Å². The van der Waals surface area contributed by atoms with Gasteiger partial charge in [0, 0.05) is 12.1 Å². The number of nitrogens with one attached hydrogen (secondary N) is 3. The first kappa shape index (κ1) is 17.0. The number of thiocarbonyl (C=S) groups is 1. The summed E-state index contributed by atoms with van der Waals surface area (Å²) in [6.45, 7) is 5.44. The van der Waals surface area contributed by atoms with E-state index >= 15 is 0 Å². The van der Waals surface area contributed by atoms with Crippen LogP contribution in [0.25, 0.3) is 0 Å². The molecular formula is C18H22N3OS+. The number of rotatable bonds is 6. The first-order chi connectivity index (χ1) is 11.2. The lowest BCUT2D eigenvalue weighted by atomic mass is 10.1. The van der Waals surface area contributed by atoms with Gasteiger partial charge >= 0.3 is 0 Å². The van der Waals surface area contributed by atoms with Crippen LogP contribution in [0.5, 0.6) is 5.75 Å². The van der Waals surface area contributed by atoms with Gasteiger partial charge in [-0.1, -0.05) is 29.8 Å². The van der Waals surface area contributed by atoms with E-state index in [4.69, 9.17) is 17.0 Å². The predicted octanol–water partition coefficient (Wildman–Crippen LogP) is 1.47. The minimum absolute atomic E-state index is 0.571. The van der Waals surface area contributed by atoms with E-state index in [0.29, 0.717) is 11.7 Å². The quantitative estimate of drug-likeness (QED) is 0.427. The fourth-order valence-electron chi connectivity index (χ4n) is 2.02. The molecule has 3 N–H and O–H groups in total. The van der Waals surface area contributed by atoms with Crippen LogP contribution in [0, 0.1) is 6.92 Å². The summed E-state index contributed by atoms with van der Waals surface area (Å²) in [5.74, 6) is 0.847. The first-order valence-electron chi connectivity index (χ1n) is 7.58. The summed E-state index contributed by atoms with van der Waals surface area (Å²) in [5, 5.41) is 6.52. The van der Waals surface area contributed by atoms with Crippen LogP contribution in [0.15, 0.2) is 48.5 Å². The Kier molecular flexibility index (Phi) is 6.56. The Morgan fingerprint density at radius 1 is 1.22 bits per heavy atom. The Morgan fingerprint density at radius 2 is 2.00 bits per heavy atom. The lowest BCUT2D eigenvalue weighted by molar-refractivity contribution is -0.500. The van der Waals surface area contributed by atoms with Crippen molar-refractivity contribution >= 4 is 23.5 Å². The summed E-state index contributed by atoms with van der Waals surface area (Å²) in [4.78, 5) is 0. The van der Waals surface area contributed by atoms with Gasteiger partial charge in [-0.15, -0.1) is 10.5 Å². The van der Waals surface area contributed by atoms with Gasteiger partial charge in [-0.25, -0.2) is 0 Å². The molecule has 0 bridgehead atoms. The topological polar surface area (TPSA) is 47.3 Å². The highest BCUT2D eigenvalue weighted by molar-refractivity contribution is 7.80. The van der Waals surface area contributed by atoms with Crippen LogP contribution in [-0.2, 0) is 6.61 Å². The number of hydrogen-bond acceptors (Lipinski definition) is 2. The molecule has 0 aliphatic rings. The molecular weight excluding hydrogens is 306 g/mol. The zero-order chi connectivity index (χ0) is 16.5. The van der Waals surface area contributed by atoms with E-state index in [9.17, 15) is 0 Å². The first-order valence-corrected chi connectivity index (χ1v) is 7.99. The van der Waals surface area contributed by atoms with Crippen molar-refractivity contribution in [3.8, 4) is 5.75 Å². The molecule has 0 amide bonds. The predicted molar refractivity (Wildman–Crippen MR) is 97.5 cm³/mol. The van der Waals surface area contributed by atoms with Gasteiger partial charge in [-0.2, -0.15) is 0 Å². The number of hydrogen-bond donors (Lipinski definition) is 3. The third-order valence-corrected chi connectivity index (χ3v) is 3.38. The lowest BCUT2D eigenvalue weighted by Crippen LogP contribution is -2.82. The molecule has 0 heterocycles. The Bertz CT molecular complexity index is 668. The van der Waals surface area contributed by atoms with Crippen LogP contribution in [0.4, 0.5) is 0 Å². The minimum atomic E-state index is 0.571. The smallest absolute Gasteiger partial charge is 0.223 e. The molecule has 23 heavy (non-hydrogen) atoms. The van der Waals surface area contributed by atoms with Crippen LogP contribution < -0.4 is 20.6 Å². The fourth-order valence-corrected chi connectivity index (χ4v) is 2.22. The van der Waals surface area contributed by atoms with Crippen molar-refractivity contribution in [3.05, 3.63) is 65.2 Å². The number of hydrazine groups is 1. The van der Waals surface area contributed by atoms with Gasteiger partial charge in [0.2, 0.25) is 5.11 Å². The van der Waals surface area contributed by atoms with Crippen molar-refractivity contribution in [2.45, 2.75) is 20.5 Å². The molecule has 0 spiro atoms. The molecule has 0 atom stereocenters. The summed E-state index contributed by atoms with van der Waals surface area (Å²) < 4.78 is 5.80. The molecule has 0 saturated carbocycles. The summed E-state index contributed by atoms with van der Waals surface area (Å²) >= 11 is 5.05. The van der Waals surface area contributed by atoms with Crippen LogP contribution in [-0.4, -0.2) is 17.9 Å². The van der Waals surface area contributed by atoms with Gasteiger partial charge in [0.15, 0.2) is 6.21 Å². The van der Waals surface area contributed by atoms with Gasteiger partial charge < -0.3 is 10.1 Å². The van der Waals surface area contributed by atoms with Crippen LogP contribution >= 0.6 is 12.2 Å². The molecule has 0 radical (unpaired) electrons. The highest BCUT2D eigenvalue weighted by atomic mass is 32.1. The summed E-state index contributed by atoms with van der Waals surface area (Å²) in [7, 11) is 0. The molecule has 0 aromatic heterocycles. The Balaban J connectivity index is 1.84. The average molecular weight is 328 g/mol. The summed E-state index contributed by atoms with van der Waals surface area (Å²) in [6, 6.07) is 16.2. The molecule has 120 valence electrons. The largest absolute Gasteiger partial charge is 0.489 e. The van der Waals surface area contributed by atoms with Crippen molar-refractivity contribution < 1.29 is 9.84 Å². The van der Waals surface area contributed by atoms with Gasteiger partial charge in [-0.05, 0) is 55.9 Å². The van der Waals surface area contributed by atoms with E-state index in [1.54, 1.807) is 0 Å². The summed E-state index contributed by atoms with van der Waals surface area (Å²) in [6.07, 6.45) is 1.84. The third-order valence-electron chi connectivity index (χ3n) is 3.13. The second kappa shape index (κ2) is 8.90. The number of hydrazone groups is 1. The van der Waals surface area contributed by atoms with Crippen molar-refractivity contribution in [2.75, 3.05) is 6.54 Å². The molecule has 0 aliphatic heterocycles. The zero-order valence-electron chi connectivity index (χ0n) is 13.4. The maximum atomic E-state index is 5.80. The number of benzene rings is 2. The molecule has 5 heteroatoms. The standard InChI is InChI=1S/C18H21N3OS/c1-3-19-18(23)21-20-12-15-7-9-17(10-8-15)22-13-16-6-4-5-14(2)11-16/h4-12H,3,13H2,1-2H3,(H2,19,21,23)/p+1. The fraction of sp³-hybridized carbons (Fsp3) is 0.222. The number of ether oxygens (including phenoxy) is 1. The lowest BCUT2D eigenvalue weighted by Gasteiger charge is -2.06. The van der Waals surface area contributed by atoms with Gasteiger partial charge in [0.1, 0.15) is 12.4 Å². The van der Waals surface area contributed by atoms with E-state index in [0.717, 1.165) is 17.9 Å².